The van der Waals surface area contributed by atoms with Gasteiger partial charge in [-0.15, -0.1) is 0 Å². The Kier molecular flexibility index (Phi) is 12.6. The molecule has 0 radical (unpaired) electrons. The van der Waals surface area contributed by atoms with Gasteiger partial charge in [-0.2, -0.15) is 0 Å². The molecule has 232 valence electrons. The highest BCUT2D eigenvalue weighted by Crippen LogP contribution is 2.34. The number of amides is 2. The van der Waals surface area contributed by atoms with Crippen LogP contribution in [0, 0.1) is 0 Å². The number of halogens is 3. The Morgan fingerprint density at radius 3 is 2.09 bits per heavy atom. The maximum atomic E-state index is 14.3. The summed E-state index contributed by atoms with van der Waals surface area (Å²) in [5, 5.41) is 3.93. The zero-order chi connectivity index (χ0) is 31.7. The quantitative estimate of drug-likeness (QED) is 0.200. The maximum absolute atomic E-state index is 14.3. The molecule has 8 nitrogen and oxygen atoms in total. The SMILES string of the molecule is CCOc1ccccc1N(CC(=O)N(Cc1c(Cl)cccc1Cl)[C@@H](CC)C(=O)N[C@@H](C)CC)S(=O)(=O)c1ccc(Cl)cc1. The minimum absolute atomic E-state index is 0.0711. The van der Waals surface area contributed by atoms with Crippen LogP contribution in [0.3, 0.4) is 0 Å². The molecule has 0 saturated carbocycles. The fraction of sp³-hybridized carbons (Fsp3) is 0.355. The molecule has 1 N–H and O–H groups in total. The summed E-state index contributed by atoms with van der Waals surface area (Å²) in [5.74, 6) is -0.723. The number of rotatable bonds is 14. The van der Waals surface area contributed by atoms with Crippen molar-refractivity contribution in [3.8, 4) is 5.75 Å². The van der Waals surface area contributed by atoms with Gasteiger partial charge in [-0.05, 0) is 75.2 Å². The van der Waals surface area contributed by atoms with E-state index in [0.717, 1.165) is 4.31 Å². The first-order valence-corrected chi connectivity index (χ1v) is 16.5. The third-order valence-electron chi connectivity index (χ3n) is 6.89. The lowest BCUT2D eigenvalue weighted by Crippen LogP contribution is -2.53. The first kappa shape index (κ1) is 34.5. The average Bonchev–Trinajstić information content (AvgIpc) is 2.97. The molecule has 0 aliphatic rings. The largest absolute Gasteiger partial charge is 0.492 e. The lowest BCUT2D eigenvalue weighted by atomic mass is 10.1. The summed E-state index contributed by atoms with van der Waals surface area (Å²) in [7, 11) is -4.31. The molecule has 0 heterocycles. The predicted molar refractivity (Wildman–Crippen MR) is 173 cm³/mol. The van der Waals surface area contributed by atoms with E-state index in [1.54, 1.807) is 56.3 Å². The molecule has 0 spiro atoms. The number of nitrogens with one attached hydrogen (secondary N) is 1. The fourth-order valence-corrected chi connectivity index (χ4v) is 6.47. The van der Waals surface area contributed by atoms with Gasteiger partial charge in [0.2, 0.25) is 11.8 Å². The highest BCUT2D eigenvalue weighted by Gasteiger charge is 2.35. The molecule has 0 fully saturated rings. The first-order valence-electron chi connectivity index (χ1n) is 14.0. The van der Waals surface area contributed by atoms with Crippen LogP contribution in [0.4, 0.5) is 5.69 Å². The van der Waals surface area contributed by atoms with Crippen LogP contribution in [0.1, 0.15) is 46.1 Å². The van der Waals surface area contributed by atoms with Crippen LogP contribution >= 0.6 is 34.8 Å². The lowest BCUT2D eigenvalue weighted by molar-refractivity contribution is -0.140. The Labute approximate surface area is 268 Å². The van der Waals surface area contributed by atoms with Gasteiger partial charge in [0, 0.05) is 33.2 Å². The maximum Gasteiger partial charge on any atom is 0.264 e. The smallest absolute Gasteiger partial charge is 0.264 e. The number of anilines is 1. The summed E-state index contributed by atoms with van der Waals surface area (Å²) < 4.78 is 35.0. The molecule has 12 heteroatoms. The van der Waals surface area contributed by atoms with Crippen molar-refractivity contribution >= 4 is 62.3 Å². The van der Waals surface area contributed by atoms with E-state index in [0.29, 0.717) is 27.1 Å². The fourth-order valence-electron chi connectivity index (χ4n) is 4.40. The summed E-state index contributed by atoms with van der Waals surface area (Å²) in [6.07, 6.45) is 0.948. The molecule has 0 aliphatic heterocycles. The Hall–Kier alpha value is -2.98. The number of para-hydroxylation sites is 2. The summed E-state index contributed by atoms with van der Waals surface area (Å²) in [6.45, 7) is 6.87. The van der Waals surface area contributed by atoms with Crippen molar-refractivity contribution in [2.75, 3.05) is 17.5 Å². The standard InChI is InChI=1S/C31H36Cl3N3O5S/c1-5-21(4)35-31(39)27(6-2)36(19-24-25(33)11-10-12-26(24)34)30(38)20-37(28-13-8-9-14-29(28)42-7-3)43(40,41)23-17-15-22(32)16-18-23/h8-18,21,27H,5-7,19-20H2,1-4H3,(H,35,39)/t21-,27-/m0/s1. The lowest BCUT2D eigenvalue weighted by Gasteiger charge is -2.34. The van der Waals surface area contributed by atoms with Gasteiger partial charge in [-0.3, -0.25) is 13.9 Å². The third-order valence-corrected chi connectivity index (χ3v) is 9.63. The minimum atomic E-state index is -4.31. The molecule has 3 aromatic carbocycles. The zero-order valence-electron chi connectivity index (χ0n) is 24.5. The Bertz CT molecular complexity index is 1500. The Morgan fingerprint density at radius 1 is 0.884 bits per heavy atom. The van der Waals surface area contributed by atoms with Crippen molar-refractivity contribution < 1.29 is 22.7 Å². The van der Waals surface area contributed by atoms with Crippen molar-refractivity contribution in [3.05, 3.63) is 87.4 Å². The van der Waals surface area contributed by atoms with Crippen LogP contribution in [0.15, 0.2) is 71.6 Å². The van der Waals surface area contributed by atoms with Crippen molar-refractivity contribution in [1.29, 1.82) is 0 Å². The van der Waals surface area contributed by atoms with Gasteiger partial charge in [0.05, 0.1) is 17.2 Å². The topological polar surface area (TPSA) is 96.0 Å². The molecule has 2 amide bonds. The minimum Gasteiger partial charge on any atom is -0.492 e. The van der Waals surface area contributed by atoms with Crippen molar-refractivity contribution in [3.63, 3.8) is 0 Å². The van der Waals surface area contributed by atoms with Gasteiger partial charge in [0.25, 0.3) is 10.0 Å². The third kappa shape index (κ3) is 8.56. The van der Waals surface area contributed by atoms with E-state index < -0.39 is 28.5 Å². The second kappa shape index (κ2) is 15.7. The number of ether oxygens (including phenoxy) is 1. The van der Waals surface area contributed by atoms with Crippen LogP contribution < -0.4 is 14.4 Å². The van der Waals surface area contributed by atoms with Crippen LogP contribution in [0.25, 0.3) is 0 Å². The molecule has 0 aromatic heterocycles. The molecule has 0 saturated heterocycles. The highest BCUT2D eigenvalue weighted by atomic mass is 35.5. The second-order valence-corrected chi connectivity index (χ2v) is 12.9. The van der Waals surface area contributed by atoms with E-state index in [9.17, 15) is 18.0 Å². The van der Waals surface area contributed by atoms with E-state index >= 15 is 0 Å². The zero-order valence-corrected chi connectivity index (χ0v) is 27.6. The van der Waals surface area contributed by atoms with Gasteiger partial charge >= 0.3 is 0 Å². The number of sulfonamides is 1. The molecule has 3 aromatic rings. The molecule has 2 atom stereocenters. The van der Waals surface area contributed by atoms with E-state index in [1.165, 1.54) is 29.2 Å². The van der Waals surface area contributed by atoms with Crippen molar-refractivity contribution in [2.24, 2.45) is 0 Å². The van der Waals surface area contributed by atoms with Crippen LogP contribution in [0.5, 0.6) is 5.75 Å². The summed E-state index contributed by atoms with van der Waals surface area (Å²) >= 11 is 19.0. The number of carbonyl (C=O) groups excluding carboxylic acids is 2. The van der Waals surface area contributed by atoms with Gasteiger partial charge in [-0.1, -0.05) is 66.8 Å². The van der Waals surface area contributed by atoms with E-state index in [1.807, 2.05) is 13.8 Å². The Morgan fingerprint density at radius 2 is 1.51 bits per heavy atom. The number of nitrogens with zero attached hydrogens (tertiary/aromatic N) is 2. The number of hydrogen-bond acceptors (Lipinski definition) is 5. The summed E-state index contributed by atoms with van der Waals surface area (Å²) in [5.41, 5.74) is 0.608. The van der Waals surface area contributed by atoms with Gasteiger partial charge in [-0.25, -0.2) is 8.42 Å². The highest BCUT2D eigenvalue weighted by molar-refractivity contribution is 7.92. The average molecular weight is 669 g/mol. The van der Waals surface area contributed by atoms with Crippen molar-refractivity contribution in [2.45, 2.75) is 64.1 Å². The summed E-state index contributed by atoms with van der Waals surface area (Å²) in [6, 6.07) is 16.1. The van der Waals surface area contributed by atoms with Crippen LogP contribution in [0.2, 0.25) is 15.1 Å². The van der Waals surface area contributed by atoms with E-state index in [4.69, 9.17) is 39.5 Å². The number of carbonyl (C=O) groups is 2. The van der Waals surface area contributed by atoms with E-state index in [-0.39, 0.29) is 47.9 Å². The molecule has 3 rings (SSSR count). The number of benzene rings is 3. The Balaban J connectivity index is 2.15. The molecule has 43 heavy (non-hydrogen) atoms. The first-order chi connectivity index (χ1) is 20.4. The molecular weight excluding hydrogens is 633 g/mol. The second-order valence-electron chi connectivity index (χ2n) is 9.83. The molecule has 0 unspecified atom stereocenters. The number of hydrogen-bond donors (Lipinski definition) is 1. The molecule has 0 aliphatic carbocycles. The molecular formula is C31H36Cl3N3O5S. The monoisotopic (exact) mass is 667 g/mol. The van der Waals surface area contributed by atoms with Crippen LogP contribution in [-0.4, -0.2) is 50.4 Å². The van der Waals surface area contributed by atoms with Crippen molar-refractivity contribution in [1.82, 2.24) is 10.2 Å². The van der Waals surface area contributed by atoms with Crippen LogP contribution in [-0.2, 0) is 26.2 Å². The van der Waals surface area contributed by atoms with Gasteiger partial charge < -0.3 is 15.0 Å². The molecule has 0 bridgehead atoms. The normalized spacial score (nSPS) is 12.7. The summed E-state index contributed by atoms with van der Waals surface area (Å²) in [4.78, 5) is 29.0. The van der Waals surface area contributed by atoms with Gasteiger partial charge in [0.15, 0.2) is 0 Å². The van der Waals surface area contributed by atoms with E-state index in [2.05, 4.69) is 5.32 Å². The van der Waals surface area contributed by atoms with Gasteiger partial charge in [0.1, 0.15) is 18.3 Å². The predicted octanol–water partition coefficient (Wildman–Crippen LogP) is 6.96.